The minimum absolute atomic E-state index is 0.0417. The van der Waals surface area contributed by atoms with E-state index in [1.807, 2.05) is 12.2 Å². The molecule has 0 unspecified atom stereocenters. The predicted octanol–water partition coefficient (Wildman–Crippen LogP) is 5.93. The summed E-state index contributed by atoms with van der Waals surface area (Å²) in [5.41, 5.74) is 0.665. The van der Waals surface area contributed by atoms with Crippen molar-refractivity contribution in [1.82, 2.24) is 5.32 Å². The van der Waals surface area contributed by atoms with Gasteiger partial charge in [0, 0.05) is 0 Å². The number of aliphatic hydroxyl groups is 1. The standard InChI is InChI=1S/C11H16NO2.3C4H9.Sn/c1-4-5-6-7-9(2)11(14)12-10(3)8-13;3*1-3-4-2;/h1,4-7,10,13H,8H2,2-3H3,(H,12,14);3*1,3-4H2,2H3;/b4-1?,6-5+,9-7+;;;;/t10-;;;;/m0..../s1. The molecule has 0 aliphatic rings. The van der Waals surface area contributed by atoms with Gasteiger partial charge in [-0.05, 0) is 0 Å². The van der Waals surface area contributed by atoms with Crippen LogP contribution in [0.5, 0.6) is 0 Å². The third kappa shape index (κ3) is 12.5. The summed E-state index contributed by atoms with van der Waals surface area (Å²) >= 11 is -2.19. The average molecular weight is 484 g/mol. The number of aliphatic hydroxyl groups excluding tert-OH is 1. The van der Waals surface area contributed by atoms with Crippen molar-refractivity contribution in [2.24, 2.45) is 0 Å². The normalized spacial score (nSPS) is 14.2. The van der Waals surface area contributed by atoms with Crippen LogP contribution in [0.1, 0.15) is 73.1 Å². The Labute approximate surface area is 172 Å². The molecule has 0 aromatic heterocycles. The summed E-state index contributed by atoms with van der Waals surface area (Å²) in [6.07, 6.45) is 16.2. The Bertz CT molecular complexity index is 461. The first kappa shape index (κ1) is 26.4. The molecule has 0 rings (SSSR count). The molecule has 0 aromatic carbocycles. The molecule has 0 fully saturated rings. The van der Waals surface area contributed by atoms with Crippen molar-refractivity contribution in [3.63, 3.8) is 0 Å². The van der Waals surface area contributed by atoms with Crippen LogP contribution in [0.3, 0.4) is 0 Å². The van der Waals surface area contributed by atoms with Crippen LogP contribution in [0.15, 0.2) is 34.0 Å². The molecule has 1 amide bonds. The Morgan fingerprint density at radius 2 is 1.48 bits per heavy atom. The van der Waals surface area contributed by atoms with E-state index in [-0.39, 0.29) is 18.6 Å². The van der Waals surface area contributed by atoms with E-state index >= 15 is 0 Å². The molecule has 156 valence electrons. The molecule has 0 saturated carbocycles. The Balaban J connectivity index is 5.01. The molecule has 2 N–H and O–H groups in total. The van der Waals surface area contributed by atoms with Crippen molar-refractivity contribution in [2.75, 3.05) is 6.61 Å². The van der Waals surface area contributed by atoms with Gasteiger partial charge in [-0.3, -0.25) is 0 Å². The SMILES string of the molecule is CCC[CH2][Sn](\[CH]=C/C=C/C=C(\C)C(=O)N[C@@H](C)CO)([CH2]CCC)[CH2]CCC. The van der Waals surface area contributed by atoms with Gasteiger partial charge in [0.1, 0.15) is 0 Å². The molecule has 0 aliphatic heterocycles. The van der Waals surface area contributed by atoms with Crippen molar-refractivity contribution in [3.05, 3.63) is 34.0 Å². The fourth-order valence-electron chi connectivity index (χ4n) is 3.19. The summed E-state index contributed by atoms with van der Waals surface area (Å²) in [6, 6.07) is -0.213. The Morgan fingerprint density at radius 1 is 0.963 bits per heavy atom. The molecule has 0 saturated heterocycles. The predicted molar refractivity (Wildman–Crippen MR) is 122 cm³/mol. The van der Waals surface area contributed by atoms with Crippen LogP contribution in [0, 0.1) is 0 Å². The van der Waals surface area contributed by atoms with E-state index < -0.39 is 18.4 Å². The number of hydrogen-bond acceptors (Lipinski definition) is 2. The molecular formula is C23H43NO2Sn. The van der Waals surface area contributed by atoms with Gasteiger partial charge >= 0.3 is 173 Å². The summed E-state index contributed by atoms with van der Waals surface area (Å²) in [6.45, 7) is 10.5. The van der Waals surface area contributed by atoms with Gasteiger partial charge in [0.2, 0.25) is 0 Å². The molecule has 4 heteroatoms. The Hall–Kier alpha value is -0.551. The second-order valence-corrected chi connectivity index (χ2v) is 20.8. The molecule has 0 heterocycles. The van der Waals surface area contributed by atoms with Crippen LogP contribution in [0.2, 0.25) is 13.3 Å². The van der Waals surface area contributed by atoms with Crippen molar-refractivity contribution in [2.45, 2.75) is 92.5 Å². The topological polar surface area (TPSA) is 49.3 Å². The van der Waals surface area contributed by atoms with Gasteiger partial charge in [-0.1, -0.05) is 0 Å². The third-order valence-electron chi connectivity index (χ3n) is 5.11. The van der Waals surface area contributed by atoms with Crippen molar-refractivity contribution in [3.8, 4) is 0 Å². The number of allylic oxidation sites excluding steroid dienone is 4. The first-order valence-corrected chi connectivity index (χ1v) is 18.6. The first-order chi connectivity index (χ1) is 12.9. The van der Waals surface area contributed by atoms with E-state index in [0.29, 0.717) is 5.57 Å². The van der Waals surface area contributed by atoms with E-state index in [9.17, 15) is 4.79 Å². The van der Waals surface area contributed by atoms with Crippen LogP contribution < -0.4 is 5.32 Å². The zero-order valence-electron chi connectivity index (χ0n) is 18.4. The summed E-state index contributed by atoms with van der Waals surface area (Å²) in [5.74, 6) is -0.118. The van der Waals surface area contributed by atoms with Gasteiger partial charge in [0.25, 0.3) is 0 Å². The quantitative estimate of drug-likeness (QED) is 0.172. The van der Waals surface area contributed by atoms with E-state index in [4.69, 9.17) is 5.11 Å². The number of hydrogen-bond donors (Lipinski definition) is 2. The number of unbranched alkanes of at least 4 members (excludes halogenated alkanes) is 3. The summed E-state index contributed by atoms with van der Waals surface area (Å²) in [7, 11) is 0. The van der Waals surface area contributed by atoms with Crippen molar-refractivity contribution < 1.29 is 9.90 Å². The molecular weight excluding hydrogens is 441 g/mol. The zero-order chi connectivity index (χ0) is 20.5. The maximum absolute atomic E-state index is 12.0. The van der Waals surface area contributed by atoms with Crippen LogP contribution in [-0.4, -0.2) is 42.0 Å². The van der Waals surface area contributed by atoms with Gasteiger partial charge in [-0.2, -0.15) is 0 Å². The molecule has 0 radical (unpaired) electrons. The minimum atomic E-state index is -2.19. The van der Waals surface area contributed by atoms with Crippen LogP contribution >= 0.6 is 0 Å². The van der Waals surface area contributed by atoms with Crippen LogP contribution in [-0.2, 0) is 4.79 Å². The monoisotopic (exact) mass is 485 g/mol. The molecule has 27 heavy (non-hydrogen) atoms. The molecule has 3 nitrogen and oxygen atoms in total. The second-order valence-electron chi connectivity index (χ2n) is 7.82. The first-order valence-electron chi connectivity index (χ1n) is 10.9. The Morgan fingerprint density at radius 3 is 1.93 bits per heavy atom. The van der Waals surface area contributed by atoms with E-state index in [1.165, 1.54) is 51.8 Å². The van der Waals surface area contributed by atoms with E-state index in [1.54, 1.807) is 13.8 Å². The molecule has 0 spiro atoms. The maximum atomic E-state index is 12.0. The van der Waals surface area contributed by atoms with Crippen molar-refractivity contribution >= 4 is 24.3 Å². The number of rotatable bonds is 15. The third-order valence-corrected chi connectivity index (χ3v) is 19.2. The number of nitrogens with one attached hydrogen (secondary N) is 1. The van der Waals surface area contributed by atoms with Gasteiger partial charge in [0.15, 0.2) is 0 Å². The van der Waals surface area contributed by atoms with Gasteiger partial charge in [0.05, 0.1) is 0 Å². The number of amides is 1. The van der Waals surface area contributed by atoms with Crippen LogP contribution in [0.25, 0.3) is 0 Å². The molecule has 1 atom stereocenters. The van der Waals surface area contributed by atoms with Gasteiger partial charge < -0.3 is 0 Å². The van der Waals surface area contributed by atoms with Crippen molar-refractivity contribution in [1.29, 1.82) is 0 Å². The number of carbonyl (C=O) groups is 1. The fourth-order valence-corrected chi connectivity index (χ4v) is 17.3. The molecule has 0 aliphatic carbocycles. The summed E-state index contributed by atoms with van der Waals surface area (Å²) in [4.78, 5) is 12.0. The van der Waals surface area contributed by atoms with E-state index in [0.717, 1.165) is 0 Å². The van der Waals surface area contributed by atoms with Crippen LogP contribution in [0.4, 0.5) is 0 Å². The fraction of sp³-hybridized carbons (Fsp3) is 0.696. The summed E-state index contributed by atoms with van der Waals surface area (Å²) in [5, 5.41) is 11.8. The van der Waals surface area contributed by atoms with Gasteiger partial charge in [-0.25, -0.2) is 0 Å². The molecule has 0 bridgehead atoms. The zero-order valence-corrected chi connectivity index (χ0v) is 21.2. The Kier molecular flexibility index (Phi) is 16.1. The number of carbonyl (C=O) groups excluding carboxylic acids is 1. The van der Waals surface area contributed by atoms with Gasteiger partial charge in [-0.15, -0.1) is 0 Å². The molecule has 0 aromatic rings. The second kappa shape index (κ2) is 16.4. The van der Waals surface area contributed by atoms with E-state index in [2.05, 4.69) is 42.3 Å². The summed E-state index contributed by atoms with van der Waals surface area (Å²) < 4.78 is 7.06. The average Bonchev–Trinajstić information content (AvgIpc) is 2.67.